The van der Waals surface area contributed by atoms with Crippen molar-refractivity contribution in [3.63, 3.8) is 0 Å². The molecule has 3 aliphatic rings. The van der Waals surface area contributed by atoms with Crippen LogP contribution in [0.3, 0.4) is 0 Å². The van der Waals surface area contributed by atoms with Gasteiger partial charge in [0.1, 0.15) is 47.3 Å². The van der Waals surface area contributed by atoms with E-state index in [0.717, 1.165) is 41.0 Å². The summed E-state index contributed by atoms with van der Waals surface area (Å²) in [6.07, 6.45) is 5.00. The lowest BCUT2D eigenvalue weighted by Gasteiger charge is -2.44. The third-order valence-corrected chi connectivity index (χ3v) is 8.82. The highest BCUT2D eigenvalue weighted by Crippen LogP contribution is 2.45. The Balaban J connectivity index is 1.12. The van der Waals surface area contributed by atoms with Crippen molar-refractivity contribution in [2.24, 2.45) is 0 Å². The molecule has 0 bridgehead atoms. The van der Waals surface area contributed by atoms with Gasteiger partial charge in [-0.2, -0.15) is 0 Å². The van der Waals surface area contributed by atoms with Crippen LogP contribution in [0.1, 0.15) is 47.2 Å². The zero-order valence-corrected chi connectivity index (χ0v) is 24.9. The molecule has 12 heteroatoms. The average molecular weight is 625 g/mol. The molecule has 0 spiro atoms. The van der Waals surface area contributed by atoms with E-state index in [9.17, 15) is 15.0 Å². The fraction of sp³-hybridized carbons (Fsp3) is 0.294. The molecule has 5 heterocycles. The molecule has 1 aliphatic carbocycles. The number of nitrogens with zero attached hydrogens (tertiary/aromatic N) is 5. The molecule has 0 radical (unpaired) electrons. The van der Waals surface area contributed by atoms with Gasteiger partial charge in [-0.15, -0.1) is 0 Å². The maximum atomic E-state index is 15.3. The van der Waals surface area contributed by atoms with Gasteiger partial charge < -0.3 is 24.8 Å². The Hall–Kier alpha value is -4.94. The number of hydrogen-bond acceptors (Lipinski definition) is 8. The Bertz CT molecular complexity index is 2020. The SMILES string of the molecule is CC1(O)CN(Cc2ccc(-c3cc4c(-c5cc(F)cc(N6CCOc7cc(C8CC8)cc(F)c7C6=O)c5O)ncnc4[nH]3)nc2)C1. The van der Waals surface area contributed by atoms with Crippen molar-refractivity contribution >= 4 is 22.6 Å². The zero-order valence-electron chi connectivity index (χ0n) is 24.9. The van der Waals surface area contributed by atoms with Crippen molar-refractivity contribution in [3.8, 4) is 34.1 Å². The molecule has 1 saturated carbocycles. The standard InChI is InChI=1S/C34H30F2N6O4/c1-34(45)15-41(16-34)14-18-2-5-25(37-13-18)26-12-23-30(38-17-39-32(23)40-26)22-10-21(35)11-27(31(22)43)42-6-7-46-28-9-20(19-3-4-19)8-24(36)29(28)33(42)44/h2,5,8-13,17,19,43,45H,3-4,6-7,14-16H2,1H3,(H,38,39,40). The molecule has 2 aliphatic heterocycles. The van der Waals surface area contributed by atoms with Gasteiger partial charge in [0.15, 0.2) is 0 Å². The minimum absolute atomic E-state index is 0.0289. The summed E-state index contributed by atoms with van der Waals surface area (Å²) in [6.45, 7) is 3.71. The minimum Gasteiger partial charge on any atom is -0.505 e. The van der Waals surface area contributed by atoms with Gasteiger partial charge in [-0.3, -0.25) is 14.7 Å². The van der Waals surface area contributed by atoms with E-state index in [2.05, 4.69) is 24.8 Å². The van der Waals surface area contributed by atoms with Crippen LogP contribution in [-0.2, 0) is 6.54 Å². The van der Waals surface area contributed by atoms with Gasteiger partial charge in [0, 0.05) is 42.8 Å². The molecule has 1 saturated heterocycles. The maximum Gasteiger partial charge on any atom is 0.265 e. The number of halogens is 2. The number of aromatic nitrogens is 4. The van der Waals surface area contributed by atoms with E-state index >= 15 is 8.78 Å². The minimum atomic E-state index is -0.732. The number of aromatic hydroxyl groups is 1. The van der Waals surface area contributed by atoms with E-state index in [0.29, 0.717) is 42.1 Å². The molecule has 234 valence electrons. The highest BCUT2D eigenvalue weighted by Gasteiger charge is 2.36. The first-order valence-electron chi connectivity index (χ1n) is 15.2. The van der Waals surface area contributed by atoms with E-state index in [4.69, 9.17) is 4.74 Å². The molecule has 0 unspecified atom stereocenters. The van der Waals surface area contributed by atoms with Crippen LogP contribution in [0.4, 0.5) is 14.5 Å². The number of anilines is 1. The number of pyridine rings is 1. The van der Waals surface area contributed by atoms with Gasteiger partial charge >= 0.3 is 0 Å². The monoisotopic (exact) mass is 624 g/mol. The van der Waals surface area contributed by atoms with Gasteiger partial charge in [0.05, 0.1) is 34.9 Å². The lowest BCUT2D eigenvalue weighted by molar-refractivity contribution is -0.0871. The number of H-pyrrole nitrogens is 1. The number of fused-ring (bicyclic) bond motifs is 2. The number of rotatable bonds is 6. The Kier molecular flexibility index (Phi) is 6.55. The topological polar surface area (TPSA) is 128 Å². The number of likely N-dealkylation sites (tertiary alicyclic amines) is 1. The summed E-state index contributed by atoms with van der Waals surface area (Å²) < 4.78 is 36.3. The Morgan fingerprint density at radius 1 is 1.09 bits per heavy atom. The van der Waals surface area contributed by atoms with Crippen molar-refractivity contribution in [1.29, 1.82) is 0 Å². The molecule has 0 atom stereocenters. The van der Waals surface area contributed by atoms with Gasteiger partial charge in [-0.05, 0) is 67.1 Å². The lowest BCUT2D eigenvalue weighted by atomic mass is 9.96. The molecule has 10 nitrogen and oxygen atoms in total. The summed E-state index contributed by atoms with van der Waals surface area (Å²) in [5.74, 6) is -2.13. The smallest absolute Gasteiger partial charge is 0.265 e. The van der Waals surface area contributed by atoms with Gasteiger partial charge in [-0.25, -0.2) is 18.7 Å². The van der Waals surface area contributed by atoms with E-state index in [-0.39, 0.29) is 53.1 Å². The number of aromatic amines is 1. The van der Waals surface area contributed by atoms with Gasteiger partial charge in [-0.1, -0.05) is 6.07 Å². The molecule has 8 rings (SSSR count). The van der Waals surface area contributed by atoms with Gasteiger partial charge in [0.25, 0.3) is 5.91 Å². The van der Waals surface area contributed by atoms with Crippen LogP contribution in [-0.4, -0.2) is 72.8 Å². The number of ether oxygens (including phenoxy) is 1. The Labute approximate surface area is 262 Å². The van der Waals surface area contributed by atoms with Crippen molar-refractivity contribution in [3.05, 3.63) is 83.3 Å². The highest BCUT2D eigenvalue weighted by atomic mass is 19.1. The molecule has 2 fully saturated rings. The number of β-amino-alcohol motifs (C(OH)–C–C–N with tert-alkyl or cyclic N) is 1. The molecule has 1 amide bonds. The number of benzene rings is 2. The number of carbonyl (C=O) groups is 1. The molecule has 3 N–H and O–H groups in total. The van der Waals surface area contributed by atoms with Crippen LogP contribution in [0.5, 0.6) is 11.5 Å². The second-order valence-electron chi connectivity index (χ2n) is 12.6. The summed E-state index contributed by atoms with van der Waals surface area (Å²) in [4.78, 5) is 33.5. The lowest BCUT2D eigenvalue weighted by Crippen LogP contribution is -2.59. The molecule has 46 heavy (non-hydrogen) atoms. The van der Waals surface area contributed by atoms with E-state index in [1.54, 1.807) is 18.3 Å². The number of carbonyl (C=O) groups excluding carboxylic acids is 1. The third kappa shape index (κ3) is 5.03. The van der Waals surface area contributed by atoms with E-state index in [1.807, 2.05) is 19.1 Å². The third-order valence-electron chi connectivity index (χ3n) is 8.82. The van der Waals surface area contributed by atoms with Crippen molar-refractivity contribution in [2.75, 3.05) is 31.1 Å². The molecule has 3 aromatic heterocycles. The molecule has 2 aromatic carbocycles. The quantitative estimate of drug-likeness (QED) is 0.237. The van der Waals surface area contributed by atoms with Crippen molar-refractivity contribution < 1.29 is 28.5 Å². The second-order valence-corrected chi connectivity index (χ2v) is 12.6. The van der Waals surface area contributed by atoms with Crippen LogP contribution in [0, 0.1) is 11.6 Å². The molecular formula is C34H30F2N6O4. The Morgan fingerprint density at radius 3 is 2.65 bits per heavy atom. The number of phenols is 1. The van der Waals surface area contributed by atoms with Crippen LogP contribution >= 0.6 is 0 Å². The van der Waals surface area contributed by atoms with Crippen LogP contribution in [0.15, 0.2) is 55.0 Å². The average Bonchev–Trinajstić information content (AvgIpc) is 3.79. The number of amides is 1. The van der Waals surface area contributed by atoms with Crippen LogP contribution < -0.4 is 9.64 Å². The predicted molar refractivity (Wildman–Crippen MR) is 166 cm³/mol. The first kappa shape index (κ1) is 28.5. The summed E-state index contributed by atoms with van der Waals surface area (Å²) >= 11 is 0. The zero-order chi connectivity index (χ0) is 31.7. The molecular weight excluding hydrogens is 594 g/mol. The predicted octanol–water partition coefficient (Wildman–Crippen LogP) is 5.15. The number of phenolic OH excluding ortho intramolecular Hbond substituents is 1. The second kappa shape index (κ2) is 10.6. The summed E-state index contributed by atoms with van der Waals surface area (Å²) in [5.41, 5.74) is 2.81. The fourth-order valence-corrected chi connectivity index (χ4v) is 6.52. The van der Waals surface area contributed by atoms with Crippen LogP contribution in [0.25, 0.3) is 33.7 Å². The van der Waals surface area contributed by atoms with Crippen molar-refractivity contribution in [1.82, 2.24) is 24.8 Å². The largest absolute Gasteiger partial charge is 0.505 e. The number of hydrogen-bond donors (Lipinski definition) is 3. The highest BCUT2D eigenvalue weighted by molar-refractivity contribution is 6.10. The van der Waals surface area contributed by atoms with E-state index < -0.39 is 23.1 Å². The first-order chi connectivity index (χ1) is 22.1. The number of nitrogens with one attached hydrogen (secondary N) is 1. The van der Waals surface area contributed by atoms with Crippen LogP contribution in [0.2, 0.25) is 0 Å². The summed E-state index contributed by atoms with van der Waals surface area (Å²) in [5, 5.41) is 22.0. The van der Waals surface area contributed by atoms with Gasteiger partial charge in [0.2, 0.25) is 0 Å². The fourth-order valence-electron chi connectivity index (χ4n) is 6.52. The first-order valence-corrected chi connectivity index (χ1v) is 15.2. The Morgan fingerprint density at radius 2 is 1.91 bits per heavy atom. The maximum absolute atomic E-state index is 15.3. The normalized spacial score (nSPS) is 17.8. The summed E-state index contributed by atoms with van der Waals surface area (Å²) in [6, 6.07) is 10.9. The van der Waals surface area contributed by atoms with Crippen molar-refractivity contribution in [2.45, 2.75) is 37.8 Å². The number of aliphatic hydroxyl groups is 1. The summed E-state index contributed by atoms with van der Waals surface area (Å²) in [7, 11) is 0. The van der Waals surface area contributed by atoms with E-state index in [1.165, 1.54) is 12.4 Å². The molecule has 5 aromatic rings.